The molecule has 1 aromatic heterocycles. The number of nitrogens with zero attached hydrogens (tertiary/aromatic N) is 1. The van der Waals surface area contributed by atoms with Gasteiger partial charge in [-0.3, -0.25) is 0 Å². The van der Waals surface area contributed by atoms with Crippen LogP contribution in [0.2, 0.25) is 0 Å². The van der Waals surface area contributed by atoms with Crippen molar-refractivity contribution in [2.45, 2.75) is 32.2 Å². The number of nitrogens with one attached hydrogen (secondary N) is 1. The third-order valence-corrected chi connectivity index (χ3v) is 3.46. The Kier molecular flexibility index (Phi) is 5.88. The Morgan fingerprint density at radius 2 is 2.44 bits per heavy atom. The normalized spacial score (nSPS) is 13.9. The lowest BCUT2D eigenvalue weighted by molar-refractivity contribution is 0.316. The second kappa shape index (κ2) is 7.24. The van der Waals surface area contributed by atoms with Gasteiger partial charge in [0, 0.05) is 17.3 Å². The van der Waals surface area contributed by atoms with Gasteiger partial charge in [0.1, 0.15) is 5.84 Å². The first-order chi connectivity index (χ1) is 7.74. The van der Waals surface area contributed by atoms with E-state index >= 15 is 0 Å². The van der Waals surface area contributed by atoms with Crippen molar-refractivity contribution < 1.29 is 5.21 Å². The van der Waals surface area contributed by atoms with Crippen LogP contribution in [0.15, 0.2) is 22.7 Å². The Labute approximate surface area is 100 Å². The monoisotopic (exact) mass is 241 g/mol. The Bertz CT molecular complexity index is 311. The zero-order valence-corrected chi connectivity index (χ0v) is 10.3. The molecule has 0 bridgehead atoms. The number of hydrogen-bond donors (Lipinski definition) is 3. The van der Waals surface area contributed by atoms with Crippen LogP contribution >= 0.6 is 11.3 Å². The second-order valence-electron chi connectivity index (χ2n) is 3.74. The molecule has 5 heteroatoms. The minimum atomic E-state index is 0.311. The first kappa shape index (κ1) is 13.0. The molecule has 0 saturated carbocycles. The first-order valence-electron chi connectivity index (χ1n) is 5.47. The summed E-state index contributed by atoms with van der Waals surface area (Å²) in [4.78, 5) is 1.36. The minimum Gasteiger partial charge on any atom is -0.409 e. The predicted octanol–water partition coefficient (Wildman–Crippen LogP) is 2.32. The fourth-order valence-corrected chi connectivity index (χ4v) is 2.20. The second-order valence-corrected chi connectivity index (χ2v) is 4.72. The van der Waals surface area contributed by atoms with Crippen LogP contribution in [-0.4, -0.2) is 17.6 Å². The molecule has 1 unspecified atom stereocenters. The number of thiophene rings is 1. The largest absolute Gasteiger partial charge is 0.409 e. The van der Waals surface area contributed by atoms with Crippen molar-refractivity contribution in [3.05, 3.63) is 22.4 Å². The van der Waals surface area contributed by atoms with E-state index in [0.29, 0.717) is 18.3 Å². The van der Waals surface area contributed by atoms with Crippen LogP contribution in [-0.2, 0) is 0 Å². The summed E-state index contributed by atoms with van der Waals surface area (Å²) >= 11 is 1.77. The van der Waals surface area contributed by atoms with Crippen molar-refractivity contribution in [3.8, 4) is 0 Å². The van der Waals surface area contributed by atoms with Gasteiger partial charge in [0.05, 0.1) is 0 Å². The molecule has 0 spiro atoms. The van der Waals surface area contributed by atoms with Crippen molar-refractivity contribution in [2.24, 2.45) is 10.9 Å². The van der Waals surface area contributed by atoms with Gasteiger partial charge in [-0.15, -0.1) is 11.3 Å². The van der Waals surface area contributed by atoms with Gasteiger partial charge in [-0.1, -0.05) is 11.2 Å². The Balaban J connectivity index is 2.07. The average Bonchev–Trinajstić information content (AvgIpc) is 2.81. The van der Waals surface area contributed by atoms with Gasteiger partial charge in [0.15, 0.2) is 0 Å². The molecule has 0 aromatic carbocycles. The van der Waals surface area contributed by atoms with E-state index in [1.165, 1.54) is 4.88 Å². The van der Waals surface area contributed by atoms with Crippen LogP contribution in [0, 0.1) is 0 Å². The maximum atomic E-state index is 8.35. The molecule has 16 heavy (non-hydrogen) atoms. The molecule has 4 N–H and O–H groups in total. The van der Waals surface area contributed by atoms with Gasteiger partial charge in [-0.05, 0) is 37.8 Å². The summed E-state index contributed by atoms with van der Waals surface area (Å²) in [5, 5.41) is 16.8. The Morgan fingerprint density at radius 1 is 1.62 bits per heavy atom. The Morgan fingerprint density at radius 3 is 3.06 bits per heavy atom. The number of amidine groups is 1. The van der Waals surface area contributed by atoms with Crippen LogP contribution in [0.4, 0.5) is 0 Å². The zero-order chi connectivity index (χ0) is 11.8. The summed E-state index contributed by atoms with van der Waals surface area (Å²) in [6, 6.07) is 4.61. The summed E-state index contributed by atoms with van der Waals surface area (Å²) in [6.07, 6.45) is 2.64. The molecule has 1 heterocycles. The van der Waals surface area contributed by atoms with E-state index in [9.17, 15) is 0 Å². The standard InChI is InChI=1S/C11H19N3OS/c1-9(10-5-4-8-16-10)13-7-3-2-6-11(12)14-15/h4-5,8-9,13,15H,2-3,6-7H2,1H3,(H2,12,14). The lowest BCUT2D eigenvalue weighted by Crippen LogP contribution is -2.19. The topological polar surface area (TPSA) is 70.6 Å². The van der Waals surface area contributed by atoms with Crippen LogP contribution in [0.1, 0.15) is 37.1 Å². The average molecular weight is 241 g/mol. The van der Waals surface area contributed by atoms with E-state index in [0.717, 1.165) is 19.4 Å². The molecule has 0 saturated heterocycles. The Hall–Kier alpha value is -1.07. The van der Waals surface area contributed by atoms with Gasteiger partial charge in [-0.25, -0.2) is 0 Å². The van der Waals surface area contributed by atoms with Crippen molar-refractivity contribution in [1.29, 1.82) is 0 Å². The molecule has 1 aromatic rings. The molecule has 0 amide bonds. The fraction of sp³-hybridized carbons (Fsp3) is 0.545. The van der Waals surface area contributed by atoms with Crippen molar-refractivity contribution in [1.82, 2.24) is 5.32 Å². The number of hydrogen-bond acceptors (Lipinski definition) is 4. The lowest BCUT2D eigenvalue weighted by atomic mass is 10.2. The summed E-state index contributed by atoms with van der Waals surface area (Å²) in [5.41, 5.74) is 5.37. The summed E-state index contributed by atoms with van der Waals surface area (Å²) in [5.74, 6) is 0.311. The van der Waals surface area contributed by atoms with Crippen LogP contribution in [0.25, 0.3) is 0 Å². The van der Waals surface area contributed by atoms with Gasteiger partial charge in [0.25, 0.3) is 0 Å². The SMILES string of the molecule is CC(NCCCCC(N)=NO)c1cccs1. The molecular weight excluding hydrogens is 222 g/mol. The van der Waals surface area contributed by atoms with Gasteiger partial charge < -0.3 is 16.3 Å². The number of nitrogens with two attached hydrogens (primary N) is 1. The molecular formula is C11H19N3OS. The molecule has 0 aliphatic heterocycles. The first-order valence-corrected chi connectivity index (χ1v) is 6.35. The summed E-state index contributed by atoms with van der Waals surface area (Å²) in [6.45, 7) is 3.12. The molecule has 0 fully saturated rings. The van der Waals surface area contributed by atoms with Gasteiger partial charge >= 0.3 is 0 Å². The molecule has 4 nitrogen and oxygen atoms in total. The summed E-state index contributed by atoms with van der Waals surface area (Å²) < 4.78 is 0. The van der Waals surface area contributed by atoms with Crippen molar-refractivity contribution in [2.75, 3.05) is 6.54 Å². The van der Waals surface area contributed by atoms with Crippen LogP contribution < -0.4 is 11.1 Å². The van der Waals surface area contributed by atoms with Crippen molar-refractivity contribution in [3.63, 3.8) is 0 Å². The van der Waals surface area contributed by atoms with Crippen LogP contribution in [0.5, 0.6) is 0 Å². The molecule has 1 rings (SSSR count). The van der Waals surface area contributed by atoms with E-state index in [-0.39, 0.29) is 0 Å². The number of rotatable bonds is 7. The van der Waals surface area contributed by atoms with E-state index in [1.54, 1.807) is 11.3 Å². The van der Waals surface area contributed by atoms with E-state index in [1.807, 2.05) is 0 Å². The molecule has 0 radical (unpaired) electrons. The van der Waals surface area contributed by atoms with Crippen molar-refractivity contribution >= 4 is 17.2 Å². The minimum absolute atomic E-state index is 0.311. The van der Waals surface area contributed by atoms with Gasteiger partial charge in [0.2, 0.25) is 0 Å². The third kappa shape index (κ3) is 4.63. The predicted molar refractivity (Wildman–Crippen MR) is 68.0 cm³/mol. The van der Waals surface area contributed by atoms with Gasteiger partial charge in [-0.2, -0.15) is 0 Å². The smallest absolute Gasteiger partial charge is 0.139 e. The fourth-order valence-electron chi connectivity index (χ4n) is 1.44. The highest BCUT2D eigenvalue weighted by molar-refractivity contribution is 7.10. The third-order valence-electron chi connectivity index (χ3n) is 2.41. The van der Waals surface area contributed by atoms with Crippen LogP contribution in [0.3, 0.4) is 0 Å². The van der Waals surface area contributed by atoms with E-state index in [2.05, 4.69) is 34.9 Å². The highest BCUT2D eigenvalue weighted by Gasteiger charge is 2.04. The van der Waals surface area contributed by atoms with E-state index in [4.69, 9.17) is 10.9 Å². The highest BCUT2D eigenvalue weighted by Crippen LogP contribution is 2.17. The maximum Gasteiger partial charge on any atom is 0.139 e. The molecule has 0 aliphatic carbocycles. The molecule has 0 aliphatic rings. The summed E-state index contributed by atoms with van der Waals surface area (Å²) in [7, 11) is 0. The maximum absolute atomic E-state index is 8.35. The quantitative estimate of drug-likeness (QED) is 0.225. The van der Waals surface area contributed by atoms with E-state index < -0.39 is 0 Å². The number of oxime groups is 1. The zero-order valence-electron chi connectivity index (χ0n) is 9.52. The lowest BCUT2D eigenvalue weighted by Gasteiger charge is -2.11. The molecule has 90 valence electrons. The highest BCUT2D eigenvalue weighted by atomic mass is 32.1. The molecule has 1 atom stereocenters. The number of unbranched alkanes of at least 4 members (excludes halogenated alkanes) is 1.